The number of carboxylic acid groups (broad SMARTS) is 1. The highest BCUT2D eigenvalue weighted by Crippen LogP contribution is 2.07. The summed E-state index contributed by atoms with van der Waals surface area (Å²) in [5.41, 5.74) is 0.525. The van der Waals surface area contributed by atoms with Crippen molar-refractivity contribution in [1.82, 2.24) is 10.6 Å². The molecule has 6 nitrogen and oxygen atoms in total. The van der Waals surface area contributed by atoms with Crippen LogP contribution < -0.4 is 10.6 Å². The number of amides is 2. The Morgan fingerprint density at radius 2 is 1.91 bits per heavy atom. The second kappa shape index (κ2) is 8.11. The van der Waals surface area contributed by atoms with Gasteiger partial charge >= 0.3 is 5.97 Å². The third kappa shape index (κ3) is 5.51. The van der Waals surface area contributed by atoms with E-state index in [1.807, 2.05) is 0 Å². The molecule has 0 unspecified atom stereocenters. The standard InChI is InChI=1S/C15H19FN2O4/c1-3-12(15(21)22)18-14(20)13(17-9(2)19)8-10-5-4-6-11(16)7-10/h4-7,12-13H,3,8H2,1-2H3,(H,17,19)(H,18,20)(H,21,22)/t12-,13+/m1/s1. The molecule has 0 heterocycles. The molecule has 0 bridgehead atoms. The number of benzene rings is 1. The Bertz CT molecular complexity index is 562. The third-order valence-electron chi connectivity index (χ3n) is 3.05. The highest BCUT2D eigenvalue weighted by atomic mass is 19.1. The molecule has 1 aromatic carbocycles. The van der Waals surface area contributed by atoms with E-state index in [1.54, 1.807) is 13.0 Å². The van der Waals surface area contributed by atoms with Gasteiger partial charge in [0.2, 0.25) is 11.8 Å². The molecule has 3 N–H and O–H groups in total. The molecule has 0 aliphatic carbocycles. The van der Waals surface area contributed by atoms with E-state index in [4.69, 9.17) is 5.11 Å². The van der Waals surface area contributed by atoms with Crippen molar-refractivity contribution in [2.45, 2.75) is 38.8 Å². The van der Waals surface area contributed by atoms with Gasteiger partial charge in [0.25, 0.3) is 0 Å². The van der Waals surface area contributed by atoms with E-state index in [0.29, 0.717) is 5.56 Å². The molecule has 120 valence electrons. The molecule has 22 heavy (non-hydrogen) atoms. The zero-order valence-electron chi connectivity index (χ0n) is 12.4. The molecular weight excluding hydrogens is 291 g/mol. The van der Waals surface area contributed by atoms with Gasteiger partial charge in [-0.05, 0) is 24.1 Å². The van der Waals surface area contributed by atoms with Gasteiger partial charge in [0.1, 0.15) is 17.9 Å². The molecule has 1 aromatic rings. The Hall–Kier alpha value is -2.44. The predicted molar refractivity (Wildman–Crippen MR) is 77.6 cm³/mol. The topological polar surface area (TPSA) is 95.5 Å². The zero-order chi connectivity index (χ0) is 16.7. The maximum atomic E-state index is 13.2. The summed E-state index contributed by atoms with van der Waals surface area (Å²) < 4.78 is 13.2. The Morgan fingerprint density at radius 1 is 1.23 bits per heavy atom. The molecule has 0 saturated heterocycles. The average Bonchev–Trinajstić information content (AvgIpc) is 2.43. The molecule has 2 atom stereocenters. The van der Waals surface area contributed by atoms with E-state index >= 15 is 0 Å². The molecule has 7 heteroatoms. The summed E-state index contributed by atoms with van der Waals surface area (Å²) >= 11 is 0. The highest BCUT2D eigenvalue weighted by molar-refractivity contribution is 5.90. The molecule has 0 saturated carbocycles. The van der Waals surface area contributed by atoms with Gasteiger partial charge < -0.3 is 15.7 Å². The normalized spacial score (nSPS) is 13.0. The first-order chi connectivity index (χ1) is 10.3. The number of rotatable bonds is 7. The minimum Gasteiger partial charge on any atom is -0.480 e. The van der Waals surface area contributed by atoms with Crippen LogP contribution in [0.2, 0.25) is 0 Å². The van der Waals surface area contributed by atoms with Gasteiger partial charge in [-0.2, -0.15) is 0 Å². The number of carboxylic acids is 1. The molecule has 0 spiro atoms. The van der Waals surface area contributed by atoms with Crippen LogP contribution in [-0.4, -0.2) is 35.0 Å². The highest BCUT2D eigenvalue weighted by Gasteiger charge is 2.25. The second-order valence-electron chi connectivity index (χ2n) is 4.89. The van der Waals surface area contributed by atoms with Gasteiger partial charge in [0.05, 0.1) is 0 Å². The fourth-order valence-electron chi connectivity index (χ4n) is 1.97. The van der Waals surface area contributed by atoms with Crippen molar-refractivity contribution in [3.05, 3.63) is 35.6 Å². The van der Waals surface area contributed by atoms with Crippen LogP contribution in [0.1, 0.15) is 25.8 Å². The van der Waals surface area contributed by atoms with Crippen molar-refractivity contribution in [2.24, 2.45) is 0 Å². The number of aliphatic carboxylic acids is 1. The maximum absolute atomic E-state index is 13.2. The number of nitrogens with one attached hydrogen (secondary N) is 2. The van der Waals surface area contributed by atoms with Gasteiger partial charge in [-0.25, -0.2) is 9.18 Å². The monoisotopic (exact) mass is 310 g/mol. The molecule has 0 aliphatic heterocycles. The van der Waals surface area contributed by atoms with Crippen molar-refractivity contribution in [3.63, 3.8) is 0 Å². The smallest absolute Gasteiger partial charge is 0.326 e. The maximum Gasteiger partial charge on any atom is 0.326 e. The summed E-state index contributed by atoms with van der Waals surface area (Å²) in [6.45, 7) is 2.87. The van der Waals surface area contributed by atoms with Gasteiger partial charge in [0, 0.05) is 13.3 Å². The molecule has 1 rings (SSSR count). The third-order valence-corrected chi connectivity index (χ3v) is 3.05. The lowest BCUT2D eigenvalue weighted by molar-refractivity contribution is -0.142. The first-order valence-corrected chi connectivity index (χ1v) is 6.88. The molecule has 0 aliphatic rings. The van der Waals surface area contributed by atoms with Crippen LogP contribution in [0.3, 0.4) is 0 Å². The van der Waals surface area contributed by atoms with Crippen molar-refractivity contribution in [1.29, 1.82) is 0 Å². The number of hydrogen-bond donors (Lipinski definition) is 3. The van der Waals surface area contributed by atoms with Crippen LogP contribution in [0.5, 0.6) is 0 Å². The summed E-state index contributed by atoms with van der Waals surface area (Å²) in [5, 5.41) is 13.8. The predicted octanol–water partition coefficient (Wildman–Crippen LogP) is 0.852. The van der Waals surface area contributed by atoms with Crippen molar-refractivity contribution >= 4 is 17.8 Å². The number of halogens is 1. The lowest BCUT2D eigenvalue weighted by Gasteiger charge is -2.20. The van der Waals surface area contributed by atoms with Gasteiger partial charge in [-0.3, -0.25) is 9.59 Å². The molecule has 2 amide bonds. The molecule has 0 radical (unpaired) electrons. The quantitative estimate of drug-likeness (QED) is 0.696. The van der Waals surface area contributed by atoms with Crippen LogP contribution >= 0.6 is 0 Å². The second-order valence-corrected chi connectivity index (χ2v) is 4.89. The molecule has 0 aromatic heterocycles. The molecular formula is C15H19FN2O4. The fourth-order valence-corrected chi connectivity index (χ4v) is 1.97. The lowest BCUT2D eigenvalue weighted by atomic mass is 10.0. The van der Waals surface area contributed by atoms with Crippen LogP contribution in [0.25, 0.3) is 0 Å². The number of hydrogen-bond acceptors (Lipinski definition) is 3. The van der Waals surface area contributed by atoms with Crippen molar-refractivity contribution < 1.29 is 23.9 Å². The zero-order valence-corrected chi connectivity index (χ0v) is 12.4. The Labute approximate surface area is 127 Å². The largest absolute Gasteiger partial charge is 0.480 e. The lowest BCUT2D eigenvalue weighted by Crippen LogP contribution is -2.52. The Kier molecular flexibility index (Phi) is 6.49. The summed E-state index contributed by atoms with van der Waals surface area (Å²) in [6, 6.07) is 3.66. The van der Waals surface area contributed by atoms with E-state index < -0.39 is 35.7 Å². The summed E-state index contributed by atoms with van der Waals surface area (Å²) in [5.74, 6) is -2.65. The van der Waals surface area contributed by atoms with Crippen LogP contribution in [0, 0.1) is 5.82 Å². The summed E-state index contributed by atoms with van der Waals surface area (Å²) in [6.07, 6.45) is 0.285. The van der Waals surface area contributed by atoms with E-state index in [9.17, 15) is 18.8 Å². The summed E-state index contributed by atoms with van der Waals surface area (Å²) in [4.78, 5) is 34.3. The van der Waals surface area contributed by atoms with Crippen molar-refractivity contribution in [3.8, 4) is 0 Å². The summed E-state index contributed by atoms with van der Waals surface area (Å²) in [7, 11) is 0. The minimum atomic E-state index is -1.15. The van der Waals surface area contributed by atoms with Gasteiger partial charge in [-0.15, -0.1) is 0 Å². The first kappa shape index (κ1) is 17.6. The average molecular weight is 310 g/mol. The van der Waals surface area contributed by atoms with E-state index in [0.717, 1.165) is 0 Å². The number of carbonyl (C=O) groups is 3. The van der Waals surface area contributed by atoms with E-state index in [-0.39, 0.29) is 12.8 Å². The minimum absolute atomic E-state index is 0.0687. The van der Waals surface area contributed by atoms with Crippen LogP contribution in [0.15, 0.2) is 24.3 Å². The van der Waals surface area contributed by atoms with E-state index in [1.165, 1.54) is 25.1 Å². The van der Waals surface area contributed by atoms with Gasteiger partial charge in [0.15, 0.2) is 0 Å². The Morgan fingerprint density at radius 3 is 2.41 bits per heavy atom. The first-order valence-electron chi connectivity index (χ1n) is 6.88. The van der Waals surface area contributed by atoms with Crippen LogP contribution in [-0.2, 0) is 20.8 Å². The SMILES string of the molecule is CC[C@@H](NC(=O)[C@H](Cc1cccc(F)c1)NC(C)=O)C(=O)O. The van der Waals surface area contributed by atoms with E-state index in [2.05, 4.69) is 10.6 Å². The van der Waals surface area contributed by atoms with Crippen LogP contribution in [0.4, 0.5) is 4.39 Å². The van der Waals surface area contributed by atoms with Gasteiger partial charge in [-0.1, -0.05) is 19.1 Å². The number of carbonyl (C=O) groups excluding carboxylic acids is 2. The Balaban J connectivity index is 2.85. The molecule has 0 fully saturated rings. The fraction of sp³-hybridized carbons (Fsp3) is 0.400. The van der Waals surface area contributed by atoms with Crippen molar-refractivity contribution in [2.75, 3.05) is 0 Å².